The average Bonchev–Trinajstić information content (AvgIpc) is 2.60. The highest BCUT2D eigenvalue weighted by Crippen LogP contribution is 2.44. The summed E-state index contributed by atoms with van der Waals surface area (Å²) in [6.45, 7) is 5.18. The molecular formula is C14H20ClNO3. The fraction of sp³-hybridized carbons (Fsp3) is 0.571. The van der Waals surface area contributed by atoms with Gasteiger partial charge in [-0.1, -0.05) is 25.4 Å². The number of rotatable bonds is 3. The van der Waals surface area contributed by atoms with E-state index in [2.05, 4.69) is 0 Å². The van der Waals surface area contributed by atoms with Crippen molar-refractivity contribution in [2.75, 3.05) is 19.8 Å². The molecule has 0 bridgehead atoms. The summed E-state index contributed by atoms with van der Waals surface area (Å²) in [5, 5.41) is 9.85. The largest absolute Gasteiger partial charge is 0.489 e. The molecule has 0 radical (unpaired) electrons. The number of hydrogen-bond acceptors (Lipinski definition) is 4. The van der Waals surface area contributed by atoms with Crippen molar-refractivity contribution in [1.82, 2.24) is 0 Å². The molecule has 1 heterocycles. The van der Waals surface area contributed by atoms with E-state index < -0.39 is 6.04 Å². The Morgan fingerprint density at radius 3 is 2.63 bits per heavy atom. The molecule has 0 saturated carbocycles. The first-order valence-corrected chi connectivity index (χ1v) is 6.92. The summed E-state index contributed by atoms with van der Waals surface area (Å²) in [4.78, 5) is 0. The van der Waals surface area contributed by atoms with Crippen molar-refractivity contribution in [3.05, 3.63) is 22.2 Å². The maximum Gasteiger partial charge on any atom is 0.165 e. The zero-order valence-corrected chi connectivity index (χ0v) is 12.0. The van der Waals surface area contributed by atoms with E-state index in [1.54, 1.807) is 6.07 Å². The third-order valence-corrected chi connectivity index (χ3v) is 3.52. The highest BCUT2D eigenvalue weighted by atomic mass is 35.5. The second-order valence-corrected chi connectivity index (χ2v) is 5.41. The first-order chi connectivity index (χ1) is 9.06. The van der Waals surface area contributed by atoms with Gasteiger partial charge in [0.15, 0.2) is 11.5 Å². The predicted octanol–water partition coefficient (Wildman–Crippen LogP) is 2.62. The van der Waals surface area contributed by atoms with Crippen LogP contribution in [-0.4, -0.2) is 24.9 Å². The van der Waals surface area contributed by atoms with Crippen LogP contribution >= 0.6 is 11.6 Å². The Balaban J connectivity index is 2.64. The van der Waals surface area contributed by atoms with Gasteiger partial charge in [0.1, 0.15) is 0 Å². The summed E-state index contributed by atoms with van der Waals surface area (Å²) >= 11 is 6.31. The number of nitrogens with two attached hydrogens (primary N) is 1. The molecule has 1 aromatic carbocycles. The molecule has 1 atom stereocenters. The zero-order valence-electron chi connectivity index (χ0n) is 11.3. The molecule has 1 unspecified atom stereocenters. The molecule has 1 aromatic rings. The van der Waals surface area contributed by atoms with Gasteiger partial charge >= 0.3 is 0 Å². The lowest BCUT2D eigenvalue weighted by Crippen LogP contribution is -2.18. The zero-order chi connectivity index (χ0) is 14.0. The molecule has 4 nitrogen and oxygen atoms in total. The van der Waals surface area contributed by atoms with Crippen molar-refractivity contribution in [2.24, 2.45) is 5.73 Å². The van der Waals surface area contributed by atoms with E-state index >= 15 is 0 Å². The predicted molar refractivity (Wildman–Crippen MR) is 75.2 cm³/mol. The van der Waals surface area contributed by atoms with Gasteiger partial charge in [0, 0.05) is 23.1 Å². The van der Waals surface area contributed by atoms with E-state index in [9.17, 15) is 5.11 Å². The van der Waals surface area contributed by atoms with Crippen LogP contribution in [0.1, 0.15) is 43.4 Å². The van der Waals surface area contributed by atoms with E-state index in [0.29, 0.717) is 24.0 Å². The molecule has 0 fully saturated rings. The van der Waals surface area contributed by atoms with Gasteiger partial charge in [0.2, 0.25) is 0 Å². The van der Waals surface area contributed by atoms with Crippen LogP contribution < -0.4 is 15.2 Å². The van der Waals surface area contributed by atoms with Crippen molar-refractivity contribution in [3.63, 3.8) is 0 Å². The molecule has 3 N–H and O–H groups in total. The van der Waals surface area contributed by atoms with Crippen LogP contribution in [0.4, 0.5) is 0 Å². The van der Waals surface area contributed by atoms with Crippen molar-refractivity contribution in [1.29, 1.82) is 0 Å². The van der Waals surface area contributed by atoms with Gasteiger partial charge in [0.05, 0.1) is 25.9 Å². The van der Waals surface area contributed by atoms with Crippen molar-refractivity contribution < 1.29 is 14.6 Å². The van der Waals surface area contributed by atoms with E-state index in [1.165, 1.54) is 0 Å². The molecule has 0 amide bonds. The molecule has 0 aliphatic carbocycles. The Bertz CT molecular complexity index is 462. The fourth-order valence-corrected chi connectivity index (χ4v) is 2.70. The van der Waals surface area contributed by atoms with Crippen LogP contribution in [-0.2, 0) is 0 Å². The van der Waals surface area contributed by atoms with Gasteiger partial charge in [-0.25, -0.2) is 0 Å². The Morgan fingerprint density at radius 2 is 2.00 bits per heavy atom. The van der Waals surface area contributed by atoms with Crippen molar-refractivity contribution in [2.45, 2.75) is 32.2 Å². The third-order valence-electron chi connectivity index (χ3n) is 3.21. The van der Waals surface area contributed by atoms with Gasteiger partial charge in [-0.2, -0.15) is 0 Å². The minimum Gasteiger partial charge on any atom is -0.489 e. The first kappa shape index (κ1) is 14.4. The SMILES string of the molecule is CC(C)c1c2c(cc(Cl)c1C(N)CO)OCCCO2. The Hall–Kier alpha value is -0.970. The van der Waals surface area contributed by atoms with E-state index in [0.717, 1.165) is 23.3 Å². The standard InChI is InChI=1S/C14H20ClNO3/c1-8(2)12-13(10(16)7-17)9(15)6-11-14(12)19-5-3-4-18-11/h6,8,10,17H,3-5,7,16H2,1-2H3. The first-order valence-electron chi connectivity index (χ1n) is 6.54. The van der Waals surface area contributed by atoms with Crippen LogP contribution in [0, 0.1) is 0 Å². The summed E-state index contributed by atoms with van der Waals surface area (Å²) in [7, 11) is 0. The molecule has 19 heavy (non-hydrogen) atoms. The maximum atomic E-state index is 9.32. The number of ether oxygens (including phenoxy) is 2. The second kappa shape index (κ2) is 5.99. The molecule has 0 spiro atoms. The monoisotopic (exact) mass is 285 g/mol. The van der Waals surface area contributed by atoms with E-state index in [1.807, 2.05) is 13.8 Å². The number of aliphatic hydroxyl groups excluding tert-OH is 1. The van der Waals surface area contributed by atoms with Crippen LogP contribution in [0.15, 0.2) is 6.07 Å². The number of benzene rings is 1. The van der Waals surface area contributed by atoms with Gasteiger partial charge in [-0.05, 0) is 11.5 Å². The maximum absolute atomic E-state index is 9.32. The van der Waals surface area contributed by atoms with Gasteiger partial charge in [-0.15, -0.1) is 0 Å². The number of halogens is 1. The van der Waals surface area contributed by atoms with Crippen molar-refractivity contribution >= 4 is 11.6 Å². The second-order valence-electron chi connectivity index (χ2n) is 5.01. The normalized spacial score (nSPS) is 16.3. The van der Waals surface area contributed by atoms with E-state index in [-0.39, 0.29) is 12.5 Å². The van der Waals surface area contributed by atoms with E-state index in [4.69, 9.17) is 26.8 Å². The smallest absolute Gasteiger partial charge is 0.165 e. The number of fused-ring (bicyclic) bond motifs is 1. The number of hydrogen-bond donors (Lipinski definition) is 2. The lowest BCUT2D eigenvalue weighted by molar-refractivity contribution is 0.266. The van der Waals surface area contributed by atoms with Crippen LogP contribution in [0.2, 0.25) is 5.02 Å². The molecule has 1 aliphatic heterocycles. The number of aliphatic hydroxyl groups is 1. The van der Waals surface area contributed by atoms with Crippen LogP contribution in [0.3, 0.4) is 0 Å². The molecule has 106 valence electrons. The molecule has 0 aromatic heterocycles. The fourth-order valence-electron chi connectivity index (χ4n) is 2.35. The molecule has 1 aliphatic rings. The molecular weight excluding hydrogens is 266 g/mol. The van der Waals surface area contributed by atoms with Crippen LogP contribution in [0.25, 0.3) is 0 Å². The Morgan fingerprint density at radius 1 is 1.32 bits per heavy atom. The topological polar surface area (TPSA) is 64.7 Å². The minimum absolute atomic E-state index is 0.154. The summed E-state index contributed by atoms with van der Waals surface area (Å²) < 4.78 is 11.5. The van der Waals surface area contributed by atoms with Gasteiger partial charge < -0.3 is 20.3 Å². The molecule has 2 rings (SSSR count). The van der Waals surface area contributed by atoms with Crippen LogP contribution in [0.5, 0.6) is 11.5 Å². The summed E-state index contributed by atoms with van der Waals surface area (Å²) in [6, 6.07) is 1.22. The summed E-state index contributed by atoms with van der Waals surface area (Å²) in [5.41, 5.74) is 7.66. The average molecular weight is 286 g/mol. The summed E-state index contributed by atoms with van der Waals surface area (Å²) in [5.74, 6) is 1.57. The minimum atomic E-state index is -0.512. The van der Waals surface area contributed by atoms with Crippen molar-refractivity contribution in [3.8, 4) is 11.5 Å². The Kier molecular flexibility index (Phi) is 4.55. The lowest BCUT2D eigenvalue weighted by atomic mass is 9.91. The molecule has 0 saturated heterocycles. The quantitative estimate of drug-likeness (QED) is 0.896. The molecule has 5 heteroatoms. The van der Waals surface area contributed by atoms with Gasteiger partial charge in [0.25, 0.3) is 0 Å². The van der Waals surface area contributed by atoms with Gasteiger partial charge in [-0.3, -0.25) is 0 Å². The highest BCUT2D eigenvalue weighted by molar-refractivity contribution is 6.31. The third kappa shape index (κ3) is 2.81. The summed E-state index contributed by atoms with van der Waals surface area (Å²) in [6.07, 6.45) is 0.839. The lowest BCUT2D eigenvalue weighted by Gasteiger charge is -2.23. The highest BCUT2D eigenvalue weighted by Gasteiger charge is 2.26. The Labute approximate surface area is 118 Å².